The SMILES string of the molecule is Cc1cc(N)nc(=O)n1[C@@H]1O[C@H]([C@@H](C)O)[C@H](O)C1(F)C#CCl. The smallest absolute Gasteiger partial charge is 0.351 e. The number of aryl methyl sites for hydroxylation is 1. The molecule has 0 saturated carbocycles. The van der Waals surface area contributed by atoms with E-state index in [1.807, 2.05) is 11.3 Å². The van der Waals surface area contributed by atoms with Gasteiger partial charge in [0.05, 0.1) is 6.10 Å². The summed E-state index contributed by atoms with van der Waals surface area (Å²) in [6.07, 6.45) is -5.89. The van der Waals surface area contributed by atoms with Crippen molar-refractivity contribution in [3.63, 3.8) is 0 Å². The van der Waals surface area contributed by atoms with Crippen LogP contribution in [0.5, 0.6) is 0 Å². The highest BCUT2D eigenvalue weighted by Gasteiger charge is 2.59. The number of alkyl halides is 1. The summed E-state index contributed by atoms with van der Waals surface area (Å²) < 4.78 is 21.4. The summed E-state index contributed by atoms with van der Waals surface area (Å²) in [7, 11) is 0. The van der Waals surface area contributed by atoms with Crippen molar-refractivity contribution in [2.24, 2.45) is 0 Å². The molecule has 0 aliphatic carbocycles. The molecule has 1 unspecified atom stereocenters. The molecule has 120 valence electrons. The van der Waals surface area contributed by atoms with E-state index < -0.39 is 35.9 Å². The molecule has 5 atom stereocenters. The number of anilines is 1. The molecule has 0 bridgehead atoms. The number of rotatable bonds is 2. The summed E-state index contributed by atoms with van der Waals surface area (Å²) in [5.74, 6) is 1.99. The third-order valence-electron chi connectivity index (χ3n) is 3.50. The van der Waals surface area contributed by atoms with Crippen molar-refractivity contribution in [1.29, 1.82) is 0 Å². The highest BCUT2D eigenvalue weighted by Crippen LogP contribution is 2.42. The minimum absolute atomic E-state index is 0.0303. The molecule has 9 heteroatoms. The van der Waals surface area contributed by atoms with Gasteiger partial charge >= 0.3 is 5.69 Å². The quantitative estimate of drug-likeness (QED) is 0.641. The molecule has 4 N–H and O–H groups in total. The van der Waals surface area contributed by atoms with Gasteiger partial charge in [-0.2, -0.15) is 4.98 Å². The number of nitrogens with two attached hydrogens (primary N) is 1. The van der Waals surface area contributed by atoms with E-state index in [1.165, 1.54) is 19.9 Å². The second-order valence-corrected chi connectivity index (χ2v) is 5.29. The summed E-state index contributed by atoms with van der Waals surface area (Å²) >= 11 is 5.27. The number of nitrogen functional groups attached to an aromatic ring is 1. The standard InChI is InChI=1S/C13H15ClFN3O4/c1-6-5-8(16)17-12(21)18(6)11-13(15,3-4-14)10(20)9(22-11)7(2)19/h5,7,9-11,19-20H,1-2H3,(H2,16,17,21)/t7-,9-,10+,11-,13?/m1/s1. The molecule has 0 amide bonds. The van der Waals surface area contributed by atoms with E-state index in [9.17, 15) is 15.0 Å². The molecule has 1 aromatic heterocycles. The van der Waals surface area contributed by atoms with Crippen LogP contribution in [0.3, 0.4) is 0 Å². The fourth-order valence-electron chi connectivity index (χ4n) is 2.46. The summed E-state index contributed by atoms with van der Waals surface area (Å²) in [6.45, 7) is 2.82. The van der Waals surface area contributed by atoms with Crippen molar-refractivity contribution in [1.82, 2.24) is 9.55 Å². The van der Waals surface area contributed by atoms with Crippen LogP contribution in [-0.2, 0) is 4.74 Å². The zero-order valence-corrected chi connectivity index (χ0v) is 12.6. The number of hydrogen-bond donors (Lipinski definition) is 3. The van der Waals surface area contributed by atoms with Gasteiger partial charge in [-0.05, 0) is 37.4 Å². The van der Waals surface area contributed by atoms with Crippen LogP contribution in [0.1, 0.15) is 18.8 Å². The number of aromatic nitrogens is 2. The highest BCUT2D eigenvalue weighted by molar-refractivity contribution is 6.30. The van der Waals surface area contributed by atoms with Gasteiger partial charge in [-0.25, -0.2) is 9.18 Å². The maximum atomic E-state index is 15.2. The Kier molecular flexibility index (Phi) is 4.44. The summed E-state index contributed by atoms with van der Waals surface area (Å²) in [5, 5.41) is 21.6. The fraction of sp³-hybridized carbons (Fsp3) is 0.538. The Morgan fingerprint density at radius 1 is 1.68 bits per heavy atom. The van der Waals surface area contributed by atoms with E-state index in [2.05, 4.69) is 4.98 Å². The number of hydrogen-bond acceptors (Lipinski definition) is 6. The van der Waals surface area contributed by atoms with Crippen LogP contribution in [0.2, 0.25) is 0 Å². The lowest BCUT2D eigenvalue weighted by Gasteiger charge is -2.25. The van der Waals surface area contributed by atoms with Crippen LogP contribution >= 0.6 is 11.6 Å². The second-order valence-electron chi connectivity index (χ2n) is 5.10. The molecule has 7 nitrogen and oxygen atoms in total. The minimum Gasteiger partial charge on any atom is -0.391 e. The zero-order chi connectivity index (χ0) is 16.7. The number of aliphatic hydroxyl groups excluding tert-OH is 2. The van der Waals surface area contributed by atoms with Crippen LogP contribution in [0, 0.1) is 18.2 Å². The van der Waals surface area contributed by atoms with E-state index in [0.29, 0.717) is 0 Å². The number of ether oxygens (including phenoxy) is 1. The second kappa shape index (κ2) is 5.85. The Labute approximate surface area is 130 Å². The largest absolute Gasteiger partial charge is 0.391 e. The van der Waals surface area contributed by atoms with E-state index in [-0.39, 0.29) is 11.5 Å². The summed E-state index contributed by atoms with van der Waals surface area (Å²) in [5.41, 5.74) is 2.18. The Morgan fingerprint density at radius 3 is 2.82 bits per heavy atom. The van der Waals surface area contributed by atoms with Crippen LogP contribution in [-0.4, -0.2) is 43.7 Å². The number of halogens is 2. The van der Waals surface area contributed by atoms with Crippen molar-refractivity contribution in [3.05, 3.63) is 22.2 Å². The highest BCUT2D eigenvalue weighted by atomic mass is 35.5. The van der Waals surface area contributed by atoms with Gasteiger partial charge in [-0.15, -0.1) is 0 Å². The first kappa shape index (κ1) is 16.7. The molecule has 0 spiro atoms. The Morgan fingerprint density at radius 2 is 2.32 bits per heavy atom. The average molecular weight is 332 g/mol. The Balaban J connectivity index is 2.62. The van der Waals surface area contributed by atoms with Gasteiger partial charge in [-0.1, -0.05) is 0 Å². The topological polar surface area (TPSA) is 111 Å². The van der Waals surface area contributed by atoms with Gasteiger partial charge in [0.2, 0.25) is 5.67 Å². The molecule has 1 saturated heterocycles. The number of nitrogens with zero attached hydrogens (tertiary/aromatic N) is 2. The summed E-state index contributed by atoms with van der Waals surface area (Å²) in [6, 6.07) is 1.35. The first-order valence-corrected chi connectivity index (χ1v) is 6.79. The van der Waals surface area contributed by atoms with Gasteiger partial charge in [-0.3, -0.25) is 4.57 Å². The van der Waals surface area contributed by atoms with Crippen molar-refractivity contribution in [2.45, 2.75) is 44.1 Å². The lowest BCUT2D eigenvalue weighted by Crippen LogP contribution is -2.45. The molecule has 22 heavy (non-hydrogen) atoms. The van der Waals surface area contributed by atoms with Crippen LogP contribution < -0.4 is 11.4 Å². The molecule has 2 heterocycles. The molecular weight excluding hydrogens is 317 g/mol. The molecule has 0 aromatic carbocycles. The van der Waals surface area contributed by atoms with Crippen molar-refractivity contribution in [2.75, 3.05) is 5.73 Å². The van der Waals surface area contributed by atoms with E-state index in [4.69, 9.17) is 22.1 Å². The van der Waals surface area contributed by atoms with Crippen LogP contribution in [0.25, 0.3) is 0 Å². The first-order chi connectivity index (χ1) is 10.2. The van der Waals surface area contributed by atoms with Gasteiger partial charge in [0.25, 0.3) is 0 Å². The van der Waals surface area contributed by atoms with Crippen LogP contribution in [0.15, 0.2) is 10.9 Å². The van der Waals surface area contributed by atoms with Crippen LogP contribution in [0.4, 0.5) is 10.2 Å². The third-order valence-corrected chi connectivity index (χ3v) is 3.60. The molecule has 0 radical (unpaired) electrons. The molecule has 2 rings (SSSR count). The first-order valence-electron chi connectivity index (χ1n) is 6.41. The van der Waals surface area contributed by atoms with Gasteiger partial charge in [0.1, 0.15) is 18.0 Å². The van der Waals surface area contributed by atoms with Crippen molar-refractivity contribution >= 4 is 17.4 Å². The average Bonchev–Trinajstić information content (AvgIpc) is 2.63. The van der Waals surface area contributed by atoms with Gasteiger partial charge in [0.15, 0.2) is 6.23 Å². The third kappa shape index (κ3) is 2.57. The van der Waals surface area contributed by atoms with Crippen molar-refractivity contribution in [3.8, 4) is 11.3 Å². The van der Waals surface area contributed by atoms with Crippen molar-refractivity contribution < 1.29 is 19.3 Å². The summed E-state index contributed by atoms with van der Waals surface area (Å²) in [4.78, 5) is 15.5. The molecule has 1 aliphatic rings. The zero-order valence-electron chi connectivity index (χ0n) is 11.8. The normalized spacial score (nSPS) is 32.4. The minimum atomic E-state index is -2.68. The van der Waals surface area contributed by atoms with Gasteiger partial charge < -0.3 is 20.7 Å². The maximum Gasteiger partial charge on any atom is 0.351 e. The monoisotopic (exact) mass is 331 g/mol. The lowest BCUT2D eigenvalue weighted by molar-refractivity contribution is -0.0808. The molecule has 1 aromatic rings. The Bertz CT molecular complexity index is 699. The van der Waals surface area contributed by atoms with Gasteiger partial charge in [0, 0.05) is 11.1 Å². The Hall–Kier alpha value is -1.66. The molecule has 1 fully saturated rings. The fourth-order valence-corrected chi connectivity index (χ4v) is 2.60. The van der Waals surface area contributed by atoms with E-state index in [1.54, 1.807) is 0 Å². The maximum absolute atomic E-state index is 15.2. The van der Waals surface area contributed by atoms with E-state index in [0.717, 1.165) is 4.57 Å². The number of aliphatic hydroxyl groups is 2. The lowest BCUT2D eigenvalue weighted by atomic mass is 9.95. The molecule has 1 aliphatic heterocycles. The van der Waals surface area contributed by atoms with E-state index >= 15 is 4.39 Å². The predicted molar refractivity (Wildman–Crippen MR) is 76.7 cm³/mol. The molecular formula is C13H15ClFN3O4. The predicted octanol–water partition coefficient (Wildman–Crippen LogP) is -0.319.